The highest BCUT2D eigenvalue weighted by atomic mass is 16.4. The van der Waals surface area contributed by atoms with E-state index in [1.807, 2.05) is 18.2 Å². The normalized spacial score (nSPS) is 32.1. The molecule has 0 aliphatic heterocycles. The van der Waals surface area contributed by atoms with Crippen LogP contribution in [-0.4, -0.2) is 22.3 Å². The molecule has 3 heteroatoms. The molecule has 0 radical (unpaired) electrons. The summed E-state index contributed by atoms with van der Waals surface area (Å²) < 4.78 is 0. The highest BCUT2D eigenvalue weighted by Gasteiger charge is 2.41. The predicted molar refractivity (Wildman–Crippen MR) is 69.4 cm³/mol. The lowest BCUT2D eigenvalue weighted by molar-refractivity contribution is -0.139. The van der Waals surface area contributed by atoms with Crippen LogP contribution in [0.15, 0.2) is 30.3 Å². The first-order chi connectivity index (χ1) is 8.52. The molecule has 3 nitrogen and oxygen atoms in total. The van der Waals surface area contributed by atoms with E-state index in [0.29, 0.717) is 6.42 Å². The standard InChI is InChI=1S/C15H20O3/c1-15(11-5-3-2-4-6-11)8-7-13(16)9-12(15)10-14(17)18/h2-6,12-13,16H,7-10H2,1H3,(H,17,18). The van der Waals surface area contributed by atoms with E-state index < -0.39 is 5.97 Å². The Hall–Kier alpha value is -1.35. The molecule has 3 atom stereocenters. The van der Waals surface area contributed by atoms with E-state index >= 15 is 0 Å². The average Bonchev–Trinajstić information content (AvgIpc) is 2.34. The predicted octanol–water partition coefficient (Wildman–Crippen LogP) is 2.58. The largest absolute Gasteiger partial charge is 0.481 e. The van der Waals surface area contributed by atoms with Crippen LogP contribution in [0.1, 0.15) is 38.2 Å². The van der Waals surface area contributed by atoms with Gasteiger partial charge < -0.3 is 10.2 Å². The van der Waals surface area contributed by atoms with E-state index in [9.17, 15) is 9.90 Å². The Balaban J connectivity index is 2.29. The van der Waals surface area contributed by atoms with E-state index in [-0.39, 0.29) is 23.9 Å². The van der Waals surface area contributed by atoms with Crippen LogP contribution >= 0.6 is 0 Å². The molecule has 1 fully saturated rings. The van der Waals surface area contributed by atoms with Gasteiger partial charge >= 0.3 is 5.97 Å². The van der Waals surface area contributed by atoms with E-state index in [1.165, 1.54) is 5.56 Å². The highest BCUT2D eigenvalue weighted by Crippen LogP contribution is 2.45. The number of carboxylic acids is 1. The van der Waals surface area contributed by atoms with Crippen molar-refractivity contribution in [1.82, 2.24) is 0 Å². The van der Waals surface area contributed by atoms with Crippen molar-refractivity contribution < 1.29 is 15.0 Å². The number of benzene rings is 1. The lowest BCUT2D eigenvalue weighted by atomic mass is 9.62. The third-order valence-electron chi connectivity index (χ3n) is 4.31. The third kappa shape index (κ3) is 2.56. The van der Waals surface area contributed by atoms with Crippen LogP contribution in [-0.2, 0) is 10.2 Å². The molecule has 1 saturated carbocycles. The molecule has 0 amide bonds. The number of aliphatic carboxylic acids is 1. The van der Waals surface area contributed by atoms with Gasteiger partial charge in [0.15, 0.2) is 0 Å². The van der Waals surface area contributed by atoms with Gasteiger partial charge in [-0.3, -0.25) is 4.79 Å². The van der Waals surface area contributed by atoms with E-state index in [4.69, 9.17) is 5.11 Å². The van der Waals surface area contributed by atoms with Crippen molar-refractivity contribution in [3.63, 3.8) is 0 Å². The van der Waals surface area contributed by atoms with Gasteiger partial charge in [-0.25, -0.2) is 0 Å². The van der Waals surface area contributed by atoms with Gasteiger partial charge in [0.2, 0.25) is 0 Å². The van der Waals surface area contributed by atoms with Crippen LogP contribution in [0.2, 0.25) is 0 Å². The summed E-state index contributed by atoms with van der Waals surface area (Å²) in [6.45, 7) is 2.13. The molecule has 98 valence electrons. The number of carbonyl (C=O) groups is 1. The summed E-state index contributed by atoms with van der Waals surface area (Å²) in [5.41, 5.74) is 1.04. The summed E-state index contributed by atoms with van der Waals surface area (Å²) in [6, 6.07) is 10.1. The second kappa shape index (κ2) is 5.11. The highest BCUT2D eigenvalue weighted by molar-refractivity contribution is 5.67. The molecule has 1 aromatic rings. The first-order valence-electron chi connectivity index (χ1n) is 6.48. The molecule has 2 N–H and O–H groups in total. The maximum atomic E-state index is 11.0. The molecule has 3 unspecified atom stereocenters. The van der Waals surface area contributed by atoms with Gasteiger partial charge in [0, 0.05) is 6.42 Å². The summed E-state index contributed by atoms with van der Waals surface area (Å²) in [7, 11) is 0. The number of aliphatic hydroxyl groups is 1. The fraction of sp³-hybridized carbons (Fsp3) is 0.533. The number of carboxylic acid groups (broad SMARTS) is 1. The SMILES string of the molecule is CC1(c2ccccc2)CCC(O)CC1CC(=O)O. The molecule has 1 aliphatic carbocycles. The zero-order valence-corrected chi connectivity index (χ0v) is 10.7. The van der Waals surface area contributed by atoms with Crippen molar-refractivity contribution in [2.24, 2.45) is 5.92 Å². The topological polar surface area (TPSA) is 57.5 Å². The van der Waals surface area contributed by atoms with Gasteiger partial charge in [-0.15, -0.1) is 0 Å². The molecule has 1 aliphatic rings. The van der Waals surface area contributed by atoms with Gasteiger partial charge in [0.25, 0.3) is 0 Å². The van der Waals surface area contributed by atoms with Crippen molar-refractivity contribution in [2.45, 2.75) is 44.1 Å². The Labute approximate surface area is 107 Å². The minimum atomic E-state index is -0.781. The van der Waals surface area contributed by atoms with Crippen LogP contribution in [0.4, 0.5) is 0 Å². The lowest BCUT2D eigenvalue weighted by Gasteiger charge is -2.43. The number of hydrogen-bond acceptors (Lipinski definition) is 2. The van der Waals surface area contributed by atoms with Crippen LogP contribution in [0, 0.1) is 5.92 Å². The molecule has 0 heterocycles. The summed E-state index contributed by atoms with van der Waals surface area (Å²) in [5, 5.41) is 18.8. The molecule has 2 rings (SSSR count). The Bertz CT molecular complexity index is 415. The van der Waals surface area contributed by atoms with Crippen LogP contribution in [0.25, 0.3) is 0 Å². The zero-order chi connectivity index (χ0) is 13.2. The minimum Gasteiger partial charge on any atom is -0.481 e. The molecule has 0 spiro atoms. The number of hydrogen-bond donors (Lipinski definition) is 2. The summed E-state index contributed by atoms with van der Waals surface area (Å²) in [4.78, 5) is 11.0. The van der Waals surface area contributed by atoms with Gasteiger partial charge in [0.1, 0.15) is 0 Å². The minimum absolute atomic E-state index is 0.00106. The molecular weight excluding hydrogens is 228 g/mol. The molecule has 0 bridgehead atoms. The number of rotatable bonds is 3. The average molecular weight is 248 g/mol. The molecular formula is C15H20O3. The smallest absolute Gasteiger partial charge is 0.303 e. The monoisotopic (exact) mass is 248 g/mol. The van der Waals surface area contributed by atoms with Crippen molar-refractivity contribution in [1.29, 1.82) is 0 Å². The third-order valence-corrected chi connectivity index (χ3v) is 4.31. The molecule has 0 aromatic heterocycles. The van der Waals surface area contributed by atoms with Crippen molar-refractivity contribution >= 4 is 5.97 Å². The molecule has 0 saturated heterocycles. The lowest BCUT2D eigenvalue weighted by Crippen LogP contribution is -2.40. The van der Waals surface area contributed by atoms with Gasteiger partial charge in [-0.1, -0.05) is 37.3 Å². The Morgan fingerprint density at radius 1 is 1.39 bits per heavy atom. The Morgan fingerprint density at radius 3 is 2.67 bits per heavy atom. The number of aliphatic hydroxyl groups excluding tert-OH is 1. The maximum Gasteiger partial charge on any atom is 0.303 e. The second-order valence-electron chi connectivity index (χ2n) is 5.51. The van der Waals surface area contributed by atoms with Crippen molar-refractivity contribution in [2.75, 3.05) is 0 Å². The first kappa shape index (κ1) is 13.1. The van der Waals surface area contributed by atoms with Crippen molar-refractivity contribution in [3.8, 4) is 0 Å². The maximum absolute atomic E-state index is 11.0. The van der Waals surface area contributed by atoms with Gasteiger partial charge in [-0.2, -0.15) is 0 Å². The van der Waals surface area contributed by atoms with E-state index in [2.05, 4.69) is 19.1 Å². The molecule has 18 heavy (non-hydrogen) atoms. The Morgan fingerprint density at radius 2 is 2.06 bits per heavy atom. The summed E-state index contributed by atoms with van der Waals surface area (Å²) in [6.07, 6.45) is 1.95. The second-order valence-corrected chi connectivity index (χ2v) is 5.51. The zero-order valence-electron chi connectivity index (χ0n) is 10.7. The quantitative estimate of drug-likeness (QED) is 0.864. The van der Waals surface area contributed by atoms with Crippen LogP contribution in [0.3, 0.4) is 0 Å². The van der Waals surface area contributed by atoms with Gasteiger partial charge in [0.05, 0.1) is 6.10 Å². The van der Waals surface area contributed by atoms with E-state index in [0.717, 1.165) is 12.8 Å². The summed E-state index contributed by atoms with van der Waals surface area (Å²) in [5.74, 6) is -0.780. The molecule has 1 aromatic carbocycles. The van der Waals surface area contributed by atoms with Crippen LogP contribution in [0.5, 0.6) is 0 Å². The van der Waals surface area contributed by atoms with Gasteiger partial charge in [-0.05, 0) is 36.2 Å². The fourth-order valence-corrected chi connectivity index (χ4v) is 3.10. The fourth-order valence-electron chi connectivity index (χ4n) is 3.10. The summed E-state index contributed by atoms with van der Waals surface area (Å²) >= 11 is 0. The van der Waals surface area contributed by atoms with E-state index in [1.54, 1.807) is 0 Å². The first-order valence-corrected chi connectivity index (χ1v) is 6.48. The van der Waals surface area contributed by atoms with Crippen LogP contribution < -0.4 is 0 Å². The van der Waals surface area contributed by atoms with Crippen molar-refractivity contribution in [3.05, 3.63) is 35.9 Å². The Kier molecular flexibility index (Phi) is 3.71.